The summed E-state index contributed by atoms with van der Waals surface area (Å²) >= 11 is 0. The fourth-order valence-corrected chi connectivity index (χ4v) is 0.289. The van der Waals surface area contributed by atoms with Gasteiger partial charge in [-0.25, -0.2) is 10.1 Å². The van der Waals surface area contributed by atoms with Crippen LogP contribution in [0.4, 0.5) is 0 Å². The molecule has 0 amide bonds. The molecule has 0 fully saturated rings. The summed E-state index contributed by atoms with van der Waals surface area (Å²) in [5, 5.41) is 16.1. The molecule has 0 rings (SSSR count). The molecule has 0 aromatic carbocycles. The largest absolute Gasteiger partial charge is 0.249 e. The molecule has 0 saturated carbocycles. The van der Waals surface area contributed by atoms with Crippen LogP contribution in [-0.4, -0.2) is 16.5 Å². The van der Waals surface area contributed by atoms with E-state index in [0.717, 1.165) is 0 Å². The van der Waals surface area contributed by atoms with Gasteiger partial charge in [-0.3, -0.25) is 0 Å². The minimum Gasteiger partial charge on any atom is -0.249 e. The fourth-order valence-electron chi connectivity index (χ4n) is 0.289. The third kappa shape index (κ3) is 5.94. The van der Waals surface area contributed by atoms with Crippen LogP contribution in [0.3, 0.4) is 0 Å². The maximum Gasteiger partial charge on any atom is 0.206 e. The van der Waals surface area contributed by atoms with Crippen LogP contribution in [0.1, 0.15) is 34.6 Å². The van der Waals surface area contributed by atoms with Crippen LogP contribution < -0.4 is 0 Å². The van der Waals surface area contributed by atoms with Gasteiger partial charge < -0.3 is 0 Å². The van der Waals surface area contributed by atoms with Crippen LogP contribution >= 0.6 is 0 Å². The van der Waals surface area contributed by atoms with E-state index in [1.165, 1.54) is 0 Å². The number of nitrogens with zero attached hydrogens (tertiary/aromatic N) is 2. The van der Waals surface area contributed by atoms with E-state index in [1.54, 1.807) is 13.8 Å². The highest BCUT2D eigenvalue weighted by atomic mass is 17.1. The van der Waals surface area contributed by atoms with Crippen molar-refractivity contribution >= 4 is 0 Å². The van der Waals surface area contributed by atoms with Crippen LogP contribution in [0.5, 0.6) is 0 Å². The molecule has 11 heavy (non-hydrogen) atoms. The molecule has 0 saturated heterocycles. The van der Waals surface area contributed by atoms with Gasteiger partial charge in [-0.05, 0) is 34.6 Å². The summed E-state index contributed by atoms with van der Waals surface area (Å²) in [5.41, 5.74) is -1.16. The average molecular weight is 160 g/mol. The van der Waals surface area contributed by atoms with Gasteiger partial charge in [0.15, 0.2) is 0 Å². The Morgan fingerprint density at radius 2 is 1.45 bits per heavy atom. The third-order valence-electron chi connectivity index (χ3n) is 0.814. The van der Waals surface area contributed by atoms with Gasteiger partial charge in [0.2, 0.25) is 5.72 Å². The fraction of sp³-hybridized carbons (Fsp3) is 1.00. The standard InChI is InChI=1S/C7H16N2O2/c1-6(2,3)8-9-7(4,5)11-10/h10H,1-5H3/b9-8+. The lowest BCUT2D eigenvalue weighted by Crippen LogP contribution is -2.20. The summed E-state index contributed by atoms with van der Waals surface area (Å²) in [7, 11) is 0. The average Bonchev–Trinajstić information content (AvgIpc) is 1.83. The molecule has 0 bridgehead atoms. The van der Waals surface area contributed by atoms with E-state index in [0.29, 0.717) is 0 Å². The molecule has 1 N–H and O–H groups in total. The molecule has 0 radical (unpaired) electrons. The lowest BCUT2D eigenvalue weighted by molar-refractivity contribution is -0.312. The Hall–Kier alpha value is -0.480. The van der Waals surface area contributed by atoms with Gasteiger partial charge in [0.25, 0.3) is 0 Å². The van der Waals surface area contributed by atoms with Crippen molar-refractivity contribution in [2.45, 2.75) is 45.9 Å². The van der Waals surface area contributed by atoms with E-state index in [2.05, 4.69) is 15.1 Å². The first kappa shape index (κ1) is 10.5. The highest BCUT2D eigenvalue weighted by molar-refractivity contribution is 4.69. The Balaban J connectivity index is 4.13. The number of azo groups is 1. The van der Waals surface area contributed by atoms with Crippen LogP contribution in [0.25, 0.3) is 0 Å². The molecular weight excluding hydrogens is 144 g/mol. The van der Waals surface area contributed by atoms with E-state index >= 15 is 0 Å². The molecule has 4 heteroatoms. The van der Waals surface area contributed by atoms with Crippen LogP contribution in [-0.2, 0) is 4.89 Å². The number of hydrogen-bond donors (Lipinski definition) is 1. The zero-order valence-corrected chi connectivity index (χ0v) is 7.75. The Kier molecular flexibility index (Phi) is 3.13. The van der Waals surface area contributed by atoms with Gasteiger partial charge in [0.1, 0.15) is 0 Å². The number of hydrogen-bond acceptors (Lipinski definition) is 4. The molecule has 0 aliphatic heterocycles. The SMILES string of the molecule is CC(C)(C)/N=N/C(C)(C)OO. The van der Waals surface area contributed by atoms with E-state index in [4.69, 9.17) is 5.26 Å². The van der Waals surface area contributed by atoms with Crippen molar-refractivity contribution in [1.82, 2.24) is 0 Å². The second-order valence-corrected chi connectivity index (χ2v) is 3.91. The molecule has 0 unspecified atom stereocenters. The van der Waals surface area contributed by atoms with Gasteiger partial charge in [-0.1, -0.05) is 0 Å². The van der Waals surface area contributed by atoms with Gasteiger partial charge in [-0.15, -0.1) is 0 Å². The summed E-state index contributed by atoms with van der Waals surface area (Å²) in [6.45, 7) is 9.02. The predicted molar refractivity (Wildman–Crippen MR) is 42.4 cm³/mol. The van der Waals surface area contributed by atoms with E-state index < -0.39 is 5.72 Å². The molecule has 4 nitrogen and oxygen atoms in total. The molecule has 0 aromatic heterocycles. The van der Waals surface area contributed by atoms with Crippen molar-refractivity contribution in [2.75, 3.05) is 0 Å². The van der Waals surface area contributed by atoms with Crippen LogP contribution in [0.2, 0.25) is 0 Å². The Labute approximate surface area is 67.2 Å². The van der Waals surface area contributed by atoms with Gasteiger partial charge >= 0.3 is 0 Å². The van der Waals surface area contributed by atoms with Gasteiger partial charge in [-0.2, -0.15) is 10.2 Å². The lowest BCUT2D eigenvalue weighted by Gasteiger charge is -2.16. The molecule has 0 heterocycles. The minimum absolute atomic E-state index is 0.226. The van der Waals surface area contributed by atoms with Crippen molar-refractivity contribution in [3.05, 3.63) is 0 Å². The van der Waals surface area contributed by atoms with Crippen molar-refractivity contribution in [3.63, 3.8) is 0 Å². The molecule has 0 aliphatic carbocycles. The summed E-state index contributed by atoms with van der Waals surface area (Å²) in [6, 6.07) is 0. The van der Waals surface area contributed by atoms with E-state index in [-0.39, 0.29) is 5.54 Å². The third-order valence-corrected chi connectivity index (χ3v) is 0.814. The number of rotatable bonds is 2. The molecule has 0 aromatic rings. The zero-order valence-electron chi connectivity index (χ0n) is 7.75. The van der Waals surface area contributed by atoms with Crippen LogP contribution in [0, 0.1) is 0 Å². The Bertz CT molecular complexity index is 147. The zero-order chi connectivity index (χ0) is 9.12. The molecule has 0 atom stereocenters. The first-order valence-electron chi connectivity index (χ1n) is 3.53. The lowest BCUT2D eigenvalue weighted by atomic mass is 10.1. The predicted octanol–water partition coefficient (Wildman–Crippen LogP) is 2.46. The highest BCUT2D eigenvalue weighted by Gasteiger charge is 2.18. The molecule has 66 valence electrons. The molecular formula is C7H16N2O2. The van der Waals surface area contributed by atoms with Gasteiger partial charge in [0, 0.05) is 0 Å². The molecule has 0 spiro atoms. The topological polar surface area (TPSA) is 54.2 Å². The molecule has 0 aliphatic rings. The maximum atomic E-state index is 8.34. The Morgan fingerprint density at radius 3 is 1.73 bits per heavy atom. The summed E-state index contributed by atoms with van der Waals surface area (Å²) in [4.78, 5) is 4.07. The van der Waals surface area contributed by atoms with Crippen molar-refractivity contribution in [2.24, 2.45) is 10.2 Å². The van der Waals surface area contributed by atoms with Crippen molar-refractivity contribution < 1.29 is 10.1 Å². The quantitative estimate of drug-likeness (QED) is 0.383. The summed E-state index contributed by atoms with van der Waals surface area (Å²) < 4.78 is 0. The second-order valence-electron chi connectivity index (χ2n) is 3.91. The smallest absolute Gasteiger partial charge is 0.206 e. The normalized spacial score (nSPS) is 14.4. The van der Waals surface area contributed by atoms with Gasteiger partial charge in [0.05, 0.1) is 5.54 Å². The minimum atomic E-state index is -0.937. The first-order chi connectivity index (χ1) is 4.77. The van der Waals surface area contributed by atoms with Crippen molar-refractivity contribution in [3.8, 4) is 0 Å². The maximum absolute atomic E-state index is 8.34. The van der Waals surface area contributed by atoms with Crippen LogP contribution in [0.15, 0.2) is 10.2 Å². The summed E-state index contributed by atoms with van der Waals surface area (Å²) in [5.74, 6) is 0. The first-order valence-corrected chi connectivity index (χ1v) is 3.53. The second kappa shape index (κ2) is 3.28. The van der Waals surface area contributed by atoms with Crippen molar-refractivity contribution in [1.29, 1.82) is 0 Å². The highest BCUT2D eigenvalue weighted by Crippen LogP contribution is 2.14. The summed E-state index contributed by atoms with van der Waals surface area (Å²) in [6.07, 6.45) is 0. The monoisotopic (exact) mass is 160 g/mol. The van der Waals surface area contributed by atoms with E-state index in [1.807, 2.05) is 20.8 Å². The van der Waals surface area contributed by atoms with E-state index in [9.17, 15) is 0 Å². The Morgan fingerprint density at radius 1 is 1.00 bits per heavy atom.